The number of nitrogens with zero attached hydrogens (tertiary/aromatic N) is 1. The first-order valence-electron chi connectivity index (χ1n) is 9.76. The van der Waals surface area contributed by atoms with E-state index in [0.717, 1.165) is 12.8 Å². The van der Waals surface area contributed by atoms with Crippen LogP contribution < -0.4 is 10.6 Å². The molecule has 0 saturated carbocycles. The van der Waals surface area contributed by atoms with Crippen LogP contribution in [0.3, 0.4) is 0 Å². The molecule has 0 spiro atoms. The van der Waals surface area contributed by atoms with Gasteiger partial charge in [0.2, 0.25) is 0 Å². The topological polar surface area (TPSA) is 70.6 Å². The van der Waals surface area contributed by atoms with E-state index in [2.05, 4.69) is 34.7 Å². The first kappa shape index (κ1) is 25.4. The summed E-state index contributed by atoms with van der Waals surface area (Å²) in [4.78, 5) is 4.63. The molecule has 160 valence electrons. The van der Waals surface area contributed by atoms with E-state index < -0.39 is 9.84 Å². The summed E-state index contributed by atoms with van der Waals surface area (Å²) in [6.07, 6.45) is 2.63. The van der Waals surface area contributed by atoms with Crippen LogP contribution in [0.25, 0.3) is 0 Å². The van der Waals surface area contributed by atoms with Crippen LogP contribution in [0.1, 0.15) is 32.3 Å². The molecule has 2 unspecified atom stereocenters. The quantitative estimate of drug-likeness (QED) is 0.292. The highest BCUT2D eigenvalue weighted by Crippen LogP contribution is 2.12. The normalized spacial score (nSPS) is 13.8. The van der Waals surface area contributed by atoms with E-state index in [1.54, 1.807) is 31.3 Å². The monoisotopic (exact) mass is 529 g/mol. The molecule has 2 aromatic rings. The number of hydrogen-bond acceptors (Lipinski definition) is 3. The van der Waals surface area contributed by atoms with Crippen molar-refractivity contribution in [3.05, 3.63) is 66.2 Å². The summed E-state index contributed by atoms with van der Waals surface area (Å²) in [6.45, 7) is 4.09. The second-order valence-corrected chi connectivity index (χ2v) is 9.02. The van der Waals surface area contributed by atoms with Gasteiger partial charge < -0.3 is 10.6 Å². The molecule has 0 aliphatic heterocycles. The minimum Gasteiger partial charge on any atom is -0.354 e. The van der Waals surface area contributed by atoms with Gasteiger partial charge in [-0.25, -0.2) is 8.42 Å². The van der Waals surface area contributed by atoms with Crippen LogP contribution in [-0.4, -0.2) is 39.3 Å². The lowest BCUT2D eigenvalue weighted by Gasteiger charge is -2.23. The van der Waals surface area contributed by atoms with Crippen molar-refractivity contribution in [3.8, 4) is 0 Å². The second-order valence-electron chi connectivity index (χ2n) is 6.99. The maximum absolute atomic E-state index is 12.7. The van der Waals surface area contributed by atoms with Crippen molar-refractivity contribution in [2.75, 3.05) is 12.8 Å². The fourth-order valence-electron chi connectivity index (χ4n) is 2.95. The number of sulfone groups is 1. The second kappa shape index (κ2) is 12.8. The summed E-state index contributed by atoms with van der Waals surface area (Å²) in [7, 11) is -1.64. The van der Waals surface area contributed by atoms with Gasteiger partial charge in [0.25, 0.3) is 0 Å². The summed E-state index contributed by atoms with van der Waals surface area (Å²) in [5.41, 5.74) is 1.31. The fourth-order valence-corrected chi connectivity index (χ4v) is 4.56. The summed E-state index contributed by atoms with van der Waals surface area (Å²) >= 11 is 0. The number of hydrogen-bond donors (Lipinski definition) is 2. The van der Waals surface area contributed by atoms with Crippen molar-refractivity contribution >= 4 is 39.8 Å². The lowest BCUT2D eigenvalue weighted by atomic mass is 10.1. The van der Waals surface area contributed by atoms with Crippen molar-refractivity contribution in [1.29, 1.82) is 0 Å². The Balaban J connectivity index is 0.00000420. The van der Waals surface area contributed by atoms with Crippen LogP contribution in [0.15, 0.2) is 70.6 Å². The molecule has 2 rings (SSSR count). The molecule has 0 heterocycles. The Morgan fingerprint density at radius 2 is 1.59 bits per heavy atom. The molecular formula is C22H32IN3O2S. The number of aliphatic imine (C=N–C) groups is 1. The van der Waals surface area contributed by atoms with Crippen molar-refractivity contribution in [3.63, 3.8) is 0 Å². The lowest BCUT2D eigenvalue weighted by molar-refractivity contribution is 0.554. The van der Waals surface area contributed by atoms with E-state index in [4.69, 9.17) is 0 Å². The molecule has 0 saturated heterocycles. The SMILES string of the molecule is CCC(CS(=O)(=O)c1ccccc1)NC(=NC)NC(C)CCc1ccccc1.I. The van der Waals surface area contributed by atoms with Crippen LogP contribution in [-0.2, 0) is 16.3 Å². The molecule has 5 nitrogen and oxygen atoms in total. The van der Waals surface area contributed by atoms with Crippen molar-refractivity contribution < 1.29 is 8.42 Å². The zero-order chi connectivity index (χ0) is 20.4. The summed E-state index contributed by atoms with van der Waals surface area (Å²) < 4.78 is 25.3. The first-order valence-corrected chi connectivity index (χ1v) is 11.4. The van der Waals surface area contributed by atoms with Crippen LogP contribution in [0.2, 0.25) is 0 Å². The molecular weight excluding hydrogens is 497 g/mol. The van der Waals surface area contributed by atoms with Gasteiger partial charge in [0, 0.05) is 19.1 Å². The fraction of sp³-hybridized carbons (Fsp3) is 0.409. The Morgan fingerprint density at radius 3 is 2.14 bits per heavy atom. The molecule has 0 aliphatic carbocycles. The van der Waals surface area contributed by atoms with Gasteiger partial charge in [-0.3, -0.25) is 4.99 Å². The van der Waals surface area contributed by atoms with Gasteiger partial charge in [-0.2, -0.15) is 0 Å². The average molecular weight is 529 g/mol. The molecule has 0 aromatic heterocycles. The molecule has 0 fully saturated rings. The van der Waals surface area contributed by atoms with Gasteiger partial charge in [-0.05, 0) is 43.9 Å². The summed E-state index contributed by atoms with van der Waals surface area (Å²) in [5, 5.41) is 6.64. The Bertz CT molecular complexity index is 843. The highest BCUT2D eigenvalue weighted by atomic mass is 127. The molecule has 7 heteroatoms. The minimum absolute atomic E-state index is 0. The van der Waals surface area contributed by atoms with E-state index in [1.165, 1.54) is 5.56 Å². The number of rotatable bonds is 9. The van der Waals surface area contributed by atoms with Gasteiger partial charge in [-0.15, -0.1) is 24.0 Å². The van der Waals surface area contributed by atoms with Crippen molar-refractivity contribution in [2.24, 2.45) is 4.99 Å². The number of halogens is 1. The molecule has 29 heavy (non-hydrogen) atoms. The van der Waals surface area contributed by atoms with Gasteiger partial charge in [-0.1, -0.05) is 55.5 Å². The van der Waals surface area contributed by atoms with E-state index in [0.29, 0.717) is 17.3 Å². The number of guanidine groups is 1. The van der Waals surface area contributed by atoms with Crippen molar-refractivity contribution in [1.82, 2.24) is 10.6 Å². The number of aryl methyl sites for hydroxylation is 1. The maximum Gasteiger partial charge on any atom is 0.191 e. The molecule has 2 atom stereocenters. The van der Waals surface area contributed by atoms with Gasteiger partial charge in [0.05, 0.1) is 10.6 Å². The van der Waals surface area contributed by atoms with E-state index in [1.807, 2.05) is 31.2 Å². The lowest BCUT2D eigenvalue weighted by Crippen LogP contribution is -2.48. The molecule has 2 N–H and O–H groups in total. The Labute approximate surface area is 192 Å². The Morgan fingerprint density at radius 1 is 1.00 bits per heavy atom. The number of nitrogens with one attached hydrogen (secondary N) is 2. The first-order chi connectivity index (χ1) is 13.4. The molecule has 2 aromatic carbocycles. The maximum atomic E-state index is 12.7. The molecule has 0 bridgehead atoms. The minimum atomic E-state index is -3.35. The third-order valence-electron chi connectivity index (χ3n) is 4.67. The van der Waals surface area contributed by atoms with Gasteiger partial charge in [0.15, 0.2) is 15.8 Å². The standard InChI is InChI=1S/C22H31N3O2S.HI/c1-4-20(17-28(26,27)21-13-9-6-10-14-21)25-22(23-3)24-18(2)15-16-19-11-7-5-8-12-19;/h5-14,18,20H,4,15-17H2,1-3H3,(H2,23,24,25);1H. The molecule has 0 radical (unpaired) electrons. The van der Waals surface area contributed by atoms with E-state index >= 15 is 0 Å². The van der Waals surface area contributed by atoms with Gasteiger partial charge in [0.1, 0.15) is 0 Å². The summed E-state index contributed by atoms with van der Waals surface area (Å²) in [5.74, 6) is 0.669. The predicted octanol–water partition coefficient (Wildman–Crippen LogP) is 4.04. The third kappa shape index (κ3) is 8.74. The average Bonchev–Trinajstić information content (AvgIpc) is 2.72. The molecule has 0 amide bonds. The third-order valence-corrected chi connectivity index (χ3v) is 6.50. The zero-order valence-electron chi connectivity index (χ0n) is 17.3. The van der Waals surface area contributed by atoms with E-state index in [-0.39, 0.29) is 41.8 Å². The smallest absolute Gasteiger partial charge is 0.191 e. The summed E-state index contributed by atoms with van der Waals surface area (Å²) in [6, 6.07) is 19.0. The van der Waals surface area contributed by atoms with Gasteiger partial charge >= 0.3 is 0 Å². The number of benzene rings is 2. The van der Waals surface area contributed by atoms with Crippen LogP contribution in [0, 0.1) is 0 Å². The largest absolute Gasteiger partial charge is 0.354 e. The van der Waals surface area contributed by atoms with Crippen LogP contribution in [0.5, 0.6) is 0 Å². The van der Waals surface area contributed by atoms with Crippen LogP contribution in [0.4, 0.5) is 0 Å². The Kier molecular flexibility index (Phi) is 11.3. The van der Waals surface area contributed by atoms with E-state index in [9.17, 15) is 8.42 Å². The van der Waals surface area contributed by atoms with Crippen molar-refractivity contribution in [2.45, 2.75) is 50.1 Å². The zero-order valence-corrected chi connectivity index (χ0v) is 20.5. The predicted molar refractivity (Wildman–Crippen MR) is 132 cm³/mol. The Hall–Kier alpha value is -1.61. The highest BCUT2D eigenvalue weighted by molar-refractivity contribution is 14.0. The highest BCUT2D eigenvalue weighted by Gasteiger charge is 2.21. The molecule has 0 aliphatic rings. The van der Waals surface area contributed by atoms with Crippen LogP contribution >= 0.6 is 24.0 Å².